The normalized spacial score (nSPS) is 11.9. The fraction of sp³-hybridized carbons (Fsp3) is 0. The lowest BCUT2D eigenvalue weighted by molar-refractivity contribution is 0.669. The Kier molecular flexibility index (Phi) is 14.2. The molecule has 1 N–H and O–H groups in total. The molecule has 16 aromatic carbocycles. The molecule has 8 aromatic heterocycles. The Hall–Kier alpha value is -14.3. The molecule has 109 heavy (non-hydrogen) atoms. The molecule has 512 valence electrons. The number of imidazole rings is 4. The van der Waals surface area contributed by atoms with Crippen LogP contribution in [0, 0.1) is 0 Å². The molecule has 24 aromatic rings. The molecular formula is C98H61BrN8O2. The summed E-state index contributed by atoms with van der Waals surface area (Å²) < 4.78 is 25.0. The molecule has 0 fully saturated rings. The average Bonchev–Trinajstić information content (AvgIpc) is 1.57. The molecule has 0 radical (unpaired) electrons. The van der Waals surface area contributed by atoms with Crippen molar-refractivity contribution in [1.82, 2.24) is 37.5 Å². The van der Waals surface area contributed by atoms with Crippen molar-refractivity contribution in [3.8, 4) is 61.6 Å². The molecule has 0 atom stereocenters. The second-order valence-electron chi connectivity index (χ2n) is 27.9. The standard InChI is InChI=1S/C49H30N4O.C31H20N4.C18H11BrO/c1-2-11-34(12-3-1)52-46-30-33(24-28-45(46)53-44-19-8-6-17-41(44)50-49(52)53)32-23-27-43-40(29-32)37-13-4-7-18-42(37)51(43)35-25-21-31(22-26-35)36-15-10-16-39-38-14-5-9-20-47(38)54-48(36)39;1-2-8-22(9-3-1)34-30-19-21(15-17-29(30)35-28-13-7-6-12-27(28)33-31(34)35)20-14-16-26-24(18-20)23-10-4-5-11-25(23)32-26;19-13-10-8-12(9-11-13)14-5-3-6-16-15-4-1-2-7-17(15)20-18(14)16/h1-30H;1-19,32H;1-11H. The number of furan rings is 2. The summed E-state index contributed by atoms with van der Waals surface area (Å²) in [4.78, 5) is 13.7. The van der Waals surface area contributed by atoms with E-state index in [2.05, 4.69) is 365 Å². The number of aromatic amines is 1. The van der Waals surface area contributed by atoms with E-state index in [1.807, 2.05) is 42.5 Å². The first kappa shape index (κ1) is 62.1. The van der Waals surface area contributed by atoms with Crippen molar-refractivity contribution in [2.24, 2.45) is 0 Å². The van der Waals surface area contributed by atoms with Crippen LogP contribution in [0.1, 0.15) is 0 Å². The summed E-state index contributed by atoms with van der Waals surface area (Å²) in [7, 11) is 0. The fourth-order valence-electron chi connectivity index (χ4n) is 16.6. The van der Waals surface area contributed by atoms with Gasteiger partial charge in [-0.2, -0.15) is 0 Å². The van der Waals surface area contributed by atoms with E-state index in [1.54, 1.807) is 0 Å². The van der Waals surface area contributed by atoms with Crippen LogP contribution in [0.2, 0.25) is 0 Å². The van der Waals surface area contributed by atoms with Crippen molar-refractivity contribution in [2.45, 2.75) is 0 Å². The van der Waals surface area contributed by atoms with E-state index in [9.17, 15) is 0 Å². The number of benzene rings is 16. The number of fused-ring (bicyclic) bond motifs is 22. The lowest BCUT2D eigenvalue weighted by Crippen LogP contribution is -1.95. The number of halogens is 1. The van der Waals surface area contributed by atoms with Crippen molar-refractivity contribution >= 4 is 159 Å². The summed E-state index contributed by atoms with van der Waals surface area (Å²) in [6.45, 7) is 0. The number of nitrogens with one attached hydrogen (secondary N) is 1. The maximum Gasteiger partial charge on any atom is 0.220 e. The smallest absolute Gasteiger partial charge is 0.220 e. The fourth-order valence-corrected chi connectivity index (χ4v) is 16.9. The summed E-state index contributed by atoms with van der Waals surface area (Å²) in [5.41, 5.74) is 29.7. The van der Waals surface area contributed by atoms with Crippen LogP contribution in [0.5, 0.6) is 0 Å². The van der Waals surface area contributed by atoms with Crippen LogP contribution in [0.25, 0.3) is 205 Å². The minimum Gasteiger partial charge on any atom is -0.455 e. The number of hydrogen-bond acceptors (Lipinski definition) is 4. The maximum absolute atomic E-state index is 6.37. The van der Waals surface area contributed by atoms with Crippen molar-refractivity contribution in [3.63, 3.8) is 0 Å². The molecular weight excluding hydrogens is 1400 g/mol. The molecule has 0 aliphatic carbocycles. The third kappa shape index (κ3) is 10.1. The largest absolute Gasteiger partial charge is 0.455 e. The number of para-hydroxylation sites is 12. The van der Waals surface area contributed by atoms with Crippen LogP contribution < -0.4 is 0 Å². The SMILES string of the molecule is Brc1ccc(-c2cccc3c2oc2ccccc23)cc1.c1ccc(-n2c3cc(-c4ccc5[nH]c6ccccc6c5c4)ccc3n3c4ccccc4nc23)cc1.c1ccc(-n2c3cc(-c4ccc5c(c4)c4ccccc4n5-c4ccc(-c5cccc6c5oc5ccccc56)cc4)ccc3n3c4ccccc4nc23)cc1. The summed E-state index contributed by atoms with van der Waals surface area (Å²) in [6, 6.07) is 128. The van der Waals surface area contributed by atoms with Crippen LogP contribution in [0.15, 0.2) is 377 Å². The van der Waals surface area contributed by atoms with Crippen LogP contribution in [0.3, 0.4) is 0 Å². The van der Waals surface area contributed by atoms with Gasteiger partial charge in [0.25, 0.3) is 0 Å². The second-order valence-corrected chi connectivity index (χ2v) is 28.8. The Bertz CT molecular complexity index is 7740. The summed E-state index contributed by atoms with van der Waals surface area (Å²) in [5.74, 6) is 1.84. The zero-order valence-electron chi connectivity index (χ0n) is 58.5. The van der Waals surface area contributed by atoms with E-state index >= 15 is 0 Å². The van der Waals surface area contributed by atoms with Crippen molar-refractivity contribution in [1.29, 1.82) is 0 Å². The molecule has 11 heteroatoms. The molecule has 0 bridgehead atoms. The van der Waals surface area contributed by atoms with Crippen LogP contribution in [-0.4, -0.2) is 37.5 Å². The summed E-state index contributed by atoms with van der Waals surface area (Å²) in [5, 5.41) is 9.57. The first-order valence-electron chi connectivity index (χ1n) is 36.6. The lowest BCUT2D eigenvalue weighted by atomic mass is 10.0. The van der Waals surface area contributed by atoms with Gasteiger partial charge in [-0.1, -0.05) is 234 Å². The Labute approximate surface area is 631 Å². The molecule has 0 aliphatic rings. The number of rotatable bonds is 7. The first-order chi connectivity index (χ1) is 54.0. The highest BCUT2D eigenvalue weighted by Gasteiger charge is 2.23. The van der Waals surface area contributed by atoms with E-state index in [0.29, 0.717) is 0 Å². The highest BCUT2D eigenvalue weighted by atomic mass is 79.9. The van der Waals surface area contributed by atoms with Gasteiger partial charge in [0.1, 0.15) is 22.3 Å². The Morgan fingerprint density at radius 3 is 1.20 bits per heavy atom. The second kappa shape index (κ2) is 25.0. The third-order valence-electron chi connectivity index (χ3n) is 21.7. The molecule has 0 aliphatic heterocycles. The Morgan fingerprint density at radius 2 is 0.642 bits per heavy atom. The highest BCUT2D eigenvalue weighted by molar-refractivity contribution is 9.10. The molecule has 8 heterocycles. The van der Waals surface area contributed by atoms with E-state index in [1.165, 1.54) is 65.6 Å². The van der Waals surface area contributed by atoms with Crippen molar-refractivity contribution in [2.75, 3.05) is 0 Å². The van der Waals surface area contributed by atoms with Gasteiger partial charge in [0.05, 0.1) is 55.2 Å². The van der Waals surface area contributed by atoms with Gasteiger partial charge in [-0.15, -0.1) is 0 Å². The quantitative estimate of drug-likeness (QED) is 0.172. The van der Waals surface area contributed by atoms with Crippen LogP contribution in [-0.2, 0) is 0 Å². The zero-order valence-corrected chi connectivity index (χ0v) is 60.1. The summed E-state index contributed by atoms with van der Waals surface area (Å²) >= 11 is 3.47. The summed E-state index contributed by atoms with van der Waals surface area (Å²) in [6.07, 6.45) is 0. The predicted octanol–water partition coefficient (Wildman–Crippen LogP) is 26.5. The van der Waals surface area contributed by atoms with Crippen LogP contribution in [0.4, 0.5) is 0 Å². The Morgan fingerprint density at radius 1 is 0.248 bits per heavy atom. The number of hydrogen-bond donors (Lipinski definition) is 1. The molecule has 10 nitrogen and oxygen atoms in total. The van der Waals surface area contributed by atoms with Crippen molar-refractivity contribution in [3.05, 3.63) is 368 Å². The third-order valence-corrected chi connectivity index (χ3v) is 22.2. The average molecular weight is 1460 g/mol. The van der Waals surface area contributed by atoms with Gasteiger partial charge < -0.3 is 18.4 Å². The molecule has 0 saturated heterocycles. The van der Waals surface area contributed by atoms with E-state index < -0.39 is 0 Å². The molecule has 0 unspecified atom stereocenters. The first-order valence-corrected chi connectivity index (χ1v) is 37.4. The molecule has 0 spiro atoms. The molecule has 24 rings (SSSR count). The highest BCUT2D eigenvalue weighted by Crippen LogP contribution is 2.43. The van der Waals surface area contributed by atoms with E-state index in [4.69, 9.17) is 18.8 Å². The lowest BCUT2D eigenvalue weighted by Gasteiger charge is -2.10. The number of nitrogens with zero attached hydrogens (tertiary/aromatic N) is 7. The van der Waals surface area contributed by atoms with Gasteiger partial charge in [0, 0.05) is 86.8 Å². The number of aromatic nitrogens is 8. The van der Waals surface area contributed by atoms with Gasteiger partial charge in [0.2, 0.25) is 11.6 Å². The van der Waals surface area contributed by atoms with Gasteiger partial charge in [-0.3, -0.25) is 17.9 Å². The van der Waals surface area contributed by atoms with Gasteiger partial charge in [0.15, 0.2) is 0 Å². The van der Waals surface area contributed by atoms with Gasteiger partial charge >= 0.3 is 0 Å². The van der Waals surface area contributed by atoms with Crippen LogP contribution >= 0.6 is 15.9 Å². The minimum atomic E-state index is 0.911. The minimum absolute atomic E-state index is 0.911. The Balaban J connectivity index is 0.000000113. The van der Waals surface area contributed by atoms with Gasteiger partial charge in [-0.05, 0) is 179 Å². The maximum atomic E-state index is 6.37. The monoisotopic (exact) mass is 1460 g/mol. The topological polar surface area (TPSA) is 91.5 Å². The van der Waals surface area contributed by atoms with Gasteiger partial charge in [-0.25, -0.2) is 9.97 Å². The van der Waals surface area contributed by atoms with E-state index in [-0.39, 0.29) is 0 Å². The van der Waals surface area contributed by atoms with E-state index in [0.717, 1.165) is 144 Å². The molecule has 0 amide bonds. The number of H-pyrrole nitrogens is 1. The zero-order chi connectivity index (χ0) is 71.8. The predicted molar refractivity (Wildman–Crippen MR) is 453 cm³/mol. The molecule has 0 saturated carbocycles. The van der Waals surface area contributed by atoms with Crippen molar-refractivity contribution < 1.29 is 8.83 Å².